The van der Waals surface area contributed by atoms with E-state index in [0.29, 0.717) is 5.92 Å². The standard InChI is InChI=1S/C20H26O/c1-16(2)19-13-11-18(12-14-19)15-20(21)10-6-9-17-7-4-3-5-8-17/h3-5,7-8,11-14,16,20-21H,6,9-10,15H2,1-2H3. The van der Waals surface area contributed by atoms with E-state index in [4.69, 9.17) is 0 Å². The van der Waals surface area contributed by atoms with Gasteiger partial charge in [0.15, 0.2) is 0 Å². The largest absolute Gasteiger partial charge is 0.393 e. The van der Waals surface area contributed by atoms with Crippen molar-refractivity contribution in [3.05, 3.63) is 71.3 Å². The Morgan fingerprint density at radius 2 is 1.52 bits per heavy atom. The van der Waals surface area contributed by atoms with Crippen LogP contribution in [0.25, 0.3) is 0 Å². The van der Waals surface area contributed by atoms with E-state index in [1.807, 2.05) is 6.07 Å². The third kappa shape index (κ3) is 5.35. The van der Waals surface area contributed by atoms with Crippen LogP contribution in [0.2, 0.25) is 0 Å². The molecule has 0 aliphatic heterocycles. The average Bonchev–Trinajstić information content (AvgIpc) is 2.49. The van der Waals surface area contributed by atoms with Crippen molar-refractivity contribution in [3.63, 3.8) is 0 Å². The van der Waals surface area contributed by atoms with Crippen molar-refractivity contribution >= 4 is 0 Å². The monoisotopic (exact) mass is 282 g/mol. The highest BCUT2D eigenvalue weighted by Crippen LogP contribution is 2.16. The summed E-state index contributed by atoms with van der Waals surface area (Å²) in [6.07, 6.45) is 3.46. The van der Waals surface area contributed by atoms with E-state index < -0.39 is 0 Å². The highest BCUT2D eigenvalue weighted by Gasteiger charge is 2.06. The Balaban J connectivity index is 1.75. The number of hydrogen-bond donors (Lipinski definition) is 1. The third-order valence-corrected chi connectivity index (χ3v) is 3.96. The topological polar surface area (TPSA) is 20.2 Å². The van der Waals surface area contributed by atoms with Gasteiger partial charge in [-0.05, 0) is 48.3 Å². The highest BCUT2D eigenvalue weighted by molar-refractivity contribution is 5.25. The molecule has 1 atom stereocenters. The first kappa shape index (κ1) is 15.8. The van der Waals surface area contributed by atoms with E-state index in [1.54, 1.807) is 0 Å². The summed E-state index contributed by atoms with van der Waals surface area (Å²) in [6.45, 7) is 4.40. The zero-order valence-corrected chi connectivity index (χ0v) is 13.1. The Kier molecular flexibility index (Phi) is 6.01. The normalized spacial score (nSPS) is 12.6. The van der Waals surface area contributed by atoms with Gasteiger partial charge in [-0.25, -0.2) is 0 Å². The molecule has 0 saturated carbocycles. The van der Waals surface area contributed by atoms with Crippen molar-refractivity contribution in [1.82, 2.24) is 0 Å². The van der Waals surface area contributed by atoms with Crippen molar-refractivity contribution in [1.29, 1.82) is 0 Å². The smallest absolute Gasteiger partial charge is 0.0580 e. The van der Waals surface area contributed by atoms with Crippen molar-refractivity contribution in [3.8, 4) is 0 Å². The van der Waals surface area contributed by atoms with Crippen molar-refractivity contribution in [2.24, 2.45) is 0 Å². The second kappa shape index (κ2) is 7.99. The molecule has 0 aliphatic carbocycles. The maximum atomic E-state index is 10.2. The van der Waals surface area contributed by atoms with Crippen LogP contribution in [0.5, 0.6) is 0 Å². The van der Waals surface area contributed by atoms with Crippen LogP contribution in [0.4, 0.5) is 0 Å². The third-order valence-electron chi connectivity index (χ3n) is 3.96. The van der Waals surface area contributed by atoms with E-state index >= 15 is 0 Å². The van der Waals surface area contributed by atoms with E-state index in [0.717, 1.165) is 25.7 Å². The first-order valence-electron chi connectivity index (χ1n) is 7.96. The molecule has 0 heterocycles. The van der Waals surface area contributed by atoms with Gasteiger partial charge in [0, 0.05) is 0 Å². The second-order valence-electron chi connectivity index (χ2n) is 6.13. The molecular formula is C20H26O. The molecule has 0 spiro atoms. The van der Waals surface area contributed by atoms with E-state index in [1.165, 1.54) is 16.7 Å². The molecule has 0 saturated heterocycles. The van der Waals surface area contributed by atoms with Crippen LogP contribution in [-0.4, -0.2) is 11.2 Å². The van der Waals surface area contributed by atoms with Crippen LogP contribution in [0, 0.1) is 0 Å². The Hall–Kier alpha value is -1.60. The molecule has 0 bridgehead atoms. The van der Waals surface area contributed by atoms with Gasteiger partial charge in [0.1, 0.15) is 0 Å². The summed E-state index contributed by atoms with van der Waals surface area (Å²) >= 11 is 0. The number of rotatable bonds is 7. The van der Waals surface area contributed by atoms with Crippen LogP contribution < -0.4 is 0 Å². The molecule has 1 unspecified atom stereocenters. The van der Waals surface area contributed by atoms with Gasteiger partial charge >= 0.3 is 0 Å². The van der Waals surface area contributed by atoms with Crippen LogP contribution in [0.3, 0.4) is 0 Å². The van der Waals surface area contributed by atoms with E-state index in [2.05, 4.69) is 62.4 Å². The van der Waals surface area contributed by atoms with Gasteiger partial charge in [-0.15, -0.1) is 0 Å². The zero-order valence-electron chi connectivity index (χ0n) is 13.1. The molecule has 0 radical (unpaired) electrons. The minimum absolute atomic E-state index is 0.237. The van der Waals surface area contributed by atoms with Crippen LogP contribution >= 0.6 is 0 Å². The Labute approximate surface area is 128 Å². The Bertz CT molecular complexity index is 513. The molecule has 0 aromatic heterocycles. The fourth-order valence-electron chi connectivity index (χ4n) is 2.60. The lowest BCUT2D eigenvalue weighted by Gasteiger charge is -2.12. The number of aliphatic hydroxyl groups excluding tert-OH is 1. The molecule has 0 fully saturated rings. The predicted molar refractivity (Wildman–Crippen MR) is 89.6 cm³/mol. The fourth-order valence-corrected chi connectivity index (χ4v) is 2.60. The van der Waals surface area contributed by atoms with Crippen molar-refractivity contribution < 1.29 is 5.11 Å². The maximum absolute atomic E-state index is 10.2. The van der Waals surface area contributed by atoms with Gasteiger partial charge in [0.25, 0.3) is 0 Å². The van der Waals surface area contributed by atoms with Gasteiger partial charge in [0.05, 0.1) is 6.10 Å². The minimum atomic E-state index is -0.237. The van der Waals surface area contributed by atoms with Crippen molar-refractivity contribution in [2.75, 3.05) is 0 Å². The van der Waals surface area contributed by atoms with Crippen LogP contribution in [0.15, 0.2) is 54.6 Å². The quantitative estimate of drug-likeness (QED) is 0.778. The number of hydrogen-bond acceptors (Lipinski definition) is 1. The average molecular weight is 282 g/mol. The Morgan fingerprint density at radius 1 is 0.857 bits per heavy atom. The molecule has 2 aromatic rings. The molecule has 0 aliphatic rings. The summed E-state index contributed by atoms with van der Waals surface area (Å²) in [5.74, 6) is 0.565. The second-order valence-corrected chi connectivity index (χ2v) is 6.13. The van der Waals surface area contributed by atoms with E-state index in [-0.39, 0.29) is 6.10 Å². The molecule has 1 N–H and O–H groups in total. The lowest BCUT2D eigenvalue weighted by atomic mass is 9.98. The predicted octanol–water partition coefficient (Wildman–Crippen LogP) is 4.74. The summed E-state index contributed by atoms with van der Waals surface area (Å²) in [4.78, 5) is 0. The lowest BCUT2D eigenvalue weighted by molar-refractivity contribution is 0.162. The number of benzene rings is 2. The molecule has 2 aromatic carbocycles. The summed E-state index contributed by atoms with van der Waals surface area (Å²) < 4.78 is 0. The van der Waals surface area contributed by atoms with Crippen LogP contribution in [-0.2, 0) is 12.8 Å². The summed E-state index contributed by atoms with van der Waals surface area (Å²) in [5.41, 5.74) is 3.94. The number of aryl methyl sites for hydroxylation is 1. The highest BCUT2D eigenvalue weighted by atomic mass is 16.3. The molecule has 2 rings (SSSR count). The van der Waals surface area contributed by atoms with Crippen molar-refractivity contribution in [2.45, 2.75) is 51.6 Å². The molecule has 1 heteroatoms. The zero-order chi connectivity index (χ0) is 15.1. The van der Waals surface area contributed by atoms with Gasteiger partial charge in [-0.3, -0.25) is 0 Å². The summed E-state index contributed by atoms with van der Waals surface area (Å²) in [5, 5.41) is 10.2. The van der Waals surface area contributed by atoms with Gasteiger partial charge in [-0.1, -0.05) is 68.4 Å². The summed E-state index contributed by atoms with van der Waals surface area (Å²) in [7, 11) is 0. The van der Waals surface area contributed by atoms with E-state index in [9.17, 15) is 5.11 Å². The maximum Gasteiger partial charge on any atom is 0.0580 e. The first-order chi connectivity index (χ1) is 10.1. The lowest BCUT2D eigenvalue weighted by Crippen LogP contribution is -2.10. The first-order valence-corrected chi connectivity index (χ1v) is 7.96. The Morgan fingerprint density at radius 3 is 2.14 bits per heavy atom. The fraction of sp³-hybridized carbons (Fsp3) is 0.400. The van der Waals surface area contributed by atoms with Crippen LogP contribution in [0.1, 0.15) is 49.3 Å². The molecule has 112 valence electrons. The molecule has 21 heavy (non-hydrogen) atoms. The minimum Gasteiger partial charge on any atom is -0.393 e. The molecule has 0 amide bonds. The SMILES string of the molecule is CC(C)c1ccc(CC(O)CCCc2ccccc2)cc1. The van der Waals surface area contributed by atoms with Gasteiger partial charge in [0.2, 0.25) is 0 Å². The van der Waals surface area contributed by atoms with Gasteiger partial charge in [-0.2, -0.15) is 0 Å². The molecular weight excluding hydrogens is 256 g/mol. The van der Waals surface area contributed by atoms with Gasteiger partial charge < -0.3 is 5.11 Å². The summed E-state index contributed by atoms with van der Waals surface area (Å²) in [6, 6.07) is 19.1. The number of aliphatic hydroxyl groups is 1. The molecule has 1 nitrogen and oxygen atoms in total.